The second kappa shape index (κ2) is 5.76. The van der Waals surface area contributed by atoms with Crippen molar-refractivity contribution in [3.8, 4) is 0 Å². The third-order valence-corrected chi connectivity index (χ3v) is 3.80. The van der Waals surface area contributed by atoms with Crippen LogP contribution in [-0.2, 0) is 0 Å². The number of nitrogens with two attached hydrogens (primary N) is 1. The van der Waals surface area contributed by atoms with Gasteiger partial charge in [0.05, 0.1) is 0 Å². The van der Waals surface area contributed by atoms with Crippen LogP contribution in [0.25, 0.3) is 0 Å². The number of halogens is 2. The van der Waals surface area contributed by atoms with Crippen LogP contribution in [0.1, 0.15) is 37.8 Å². The van der Waals surface area contributed by atoms with Gasteiger partial charge in [0.2, 0.25) is 0 Å². The highest BCUT2D eigenvalue weighted by Gasteiger charge is 2.21. The van der Waals surface area contributed by atoms with Gasteiger partial charge in [-0.05, 0) is 38.8 Å². The van der Waals surface area contributed by atoms with Crippen molar-refractivity contribution in [2.75, 3.05) is 13.1 Å². The summed E-state index contributed by atoms with van der Waals surface area (Å²) < 4.78 is 26.7. The Morgan fingerprint density at radius 3 is 2.89 bits per heavy atom. The Labute approximate surface area is 107 Å². The molecule has 1 aliphatic heterocycles. The third kappa shape index (κ3) is 2.87. The quantitative estimate of drug-likeness (QED) is 0.895. The first-order chi connectivity index (χ1) is 8.59. The molecule has 2 N–H and O–H groups in total. The maximum absolute atomic E-state index is 13.6. The number of rotatable bonds is 4. The van der Waals surface area contributed by atoms with Gasteiger partial charge < -0.3 is 10.6 Å². The molecule has 0 aliphatic carbocycles. The second-order valence-corrected chi connectivity index (χ2v) is 5.07. The lowest BCUT2D eigenvalue weighted by Crippen LogP contribution is -2.30. The van der Waals surface area contributed by atoms with Gasteiger partial charge in [0, 0.05) is 24.2 Å². The molecular weight excluding hydrogens is 234 g/mol. The van der Waals surface area contributed by atoms with E-state index in [2.05, 4.69) is 11.8 Å². The smallest absolute Gasteiger partial charge is 0.163 e. The number of hydrogen-bond acceptors (Lipinski definition) is 2. The van der Waals surface area contributed by atoms with Crippen LogP contribution in [0.15, 0.2) is 18.2 Å². The van der Waals surface area contributed by atoms with Crippen LogP contribution in [-0.4, -0.2) is 24.0 Å². The van der Waals surface area contributed by atoms with Gasteiger partial charge >= 0.3 is 0 Å². The summed E-state index contributed by atoms with van der Waals surface area (Å²) in [4.78, 5) is 2.36. The highest BCUT2D eigenvalue weighted by molar-refractivity contribution is 5.22. The molecule has 1 aromatic rings. The zero-order chi connectivity index (χ0) is 13.1. The van der Waals surface area contributed by atoms with E-state index in [1.54, 1.807) is 6.07 Å². The molecule has 1 fully saturated rings. The molecule has 1 aromatic carbocycles. The van der Waals surface area contributed by atoms with Crippen LogP contribution in [0.4, 0.5) is 8.78 Å². The molecule has 2 atom stereocenters. The third-order valence-electron chi connectivity index (χ3n) is 3.80. The van der Waals surface area contributed by atoms with Crippen molar-refractivity contribution in [3.05, 3.63) is 35.4 Å². The topological polar surface area (TPSA) is 29.3 Å². The Hall–Kier alpha value is -1.00. The van der Waals surface area contributed by atoms with Gasteiger partial charge in [0.15, 0.2) is 11.6 Å². The molecule has 18 heavy (non-hydrogen) atoms. The van der Waals surface area contributed by atoms with Gasteiger partial charge in [-0.2, -0.15) is 0 Å². The fraction of sp³-hybridized carbons (Fsp3) is 0.571. The van der Waals surface area contributed by atoms with E-state index in [0.29, 0.717) is 12.5 Å². The first kappa shape index (κ1) is 13.4. The molecule has 0 bridgehead atoms. The van der Waals surface area contributed by atoms with E-state index in [0.717, 1.165) is 19.2 Å². The lowest BCUT2D eigenvalue weighted by Gasteiger charge is -2.23. The second-order valence-electron chi connectivity index (χ2n) is 5.07. The molecule has 1 heterocycles. The summed E-state index contributed by atoms with van der Waals surface area (Å²) in [6.07, 6.45) is 3.08. The predicted octanol–water partition coefficient (Wildman–Crippen LogP) is 2.84. The molecule has 0 saturated carbocycles. The Kier molecular flexibility index (Phi) is 4.30. The molecule has 2 unspecified atom stereocenters. The molecule has 0 aromatic heterocycles. The van der Waals surface area contributed by atoms with E-state index in [9.17, 15) is 8.78 Å². The van der Waals surface area contributed by atoms with Crippen LogP contribution >= 0.6 is 0 Å². The summed E-state index contributed by atoms with van der Waals surface area (Å²) >= 11 is 0. The zero-order valence-electron chi connectivity index (χ0n) is 10.7. The molecule has 0 amide bonds. The van der Waals surface area contributed by atoms with E-state index in [-0.39, 0.29) is 5.56 Å². The summed E-state index contributed by atoms with van der Waals surface area (Å²) in [5, 5.41) is 0. The maximum atomic E-state index is 13.6. The van der Waals surface area contributed by atoms with Gasteiger partial charge in [0.25, 0.3) is 0 Å². The van der Waals surface area contributed by atoms with Crippen LogP contribution in [0, 0.1) is 11.6 Å². The van der Waals surface area contributed by atoms with Crippen LogP contribution in [0.3, 0.4) is 0 Å². The highest BCUT2D eigenvalue weighted by Crippen LogP contribution is 2.22. The minimum atomic E-state index is -0.822. The average Bonchev–Trinajstić information content (AvgIpc) is 2.75. The largest absolute Gasteiger partial charge is 0.324 e. The standard InChI is InChI=1S/C14H20F2N2/c1-10-4-3-8-18(10)9-7-13(17)11-5-2-6-12(15)14(11)16/h2,5-6,10,13H,3-4,7-9,17H2,1H3. The number of nitrogens with zero attached hydrogens (tertiary/aromatic N) is 1. The van der Waals surface area contributed by atoms with Crippen LogP contribution in [0.5, 0.6) is 0 Å². The van der Waals surface area contributed by atoms with Gasteiger partial charge in [-0.1, -0.05) is 12.1 Å². The van der Waals surface area contributed by atoms with Crippen molar-refractivity contribution in [3.63, 3.8) is 0 Å². The summed E-state index contributed by atoms with van der Waals surface area (Å²) in [6.45, 7) is 4.12. The Morgan fingerprint density at radius 2 is 2.22 bits per heavy atom. The van der Waals surface area contributed by atoms with E-state index < -0.39 is 17.7 Å². The van der Waals surface area contributed by atoms with Gasteiger partial charge in [-0.15, -0.1) is 0 Å². The molecule has 0 spiro atoms. The van der Waals surface area contributed by atoms with Gasteiger partial charge in [-0.3, -0.25) is 0 Å². The van der Waals surface area contributed by atoms with Gasteiger partial charge in [-0.25, -0.2) is 8.78 Å². The van der Waals surface area contributed by atoms with Crippen molar-refractivity contribution >= 4 is 0 Å². The molecule has 4 heteroatoms. The van der Waals surface area contributed by atoms with Crippen molar-refractivity contribution in [1.82, 2.24) is 4.90 Å². The molecule has 100 valence electrons. The maximum Gasteiger partial charge on any atom is 0.163 e. The Morgan fingerprint density at radius 1 is 1.44 bits per heavy atom. The van der Waals surface area contributed by atoms with Crippen molar-refractivity contribution in [1.29, 1.82) is 0 Å². The minimum Gasteiger partial charge on any atom is -0.324 e. The summed E-state index contributed by atoms with van der Waals surface area (Å²) in [5.74, 6) is -1.63. The van der Waals surface area contributed by atoms with Gasteiger partial charge in [0.1, 0.15) is 0 Å². The molecular formula is C14H20F2N2. The number of benzene rings is 1. The van der Waals surface area contributed by atoms with E-state index in [1.165, 1.54) is 18.9 Å². The highest BCUT2D eigenvalue weighted by atomic mass is 19.2. The predicted molar refractivity (Wildman–Crippen MR) is 68.2 cm³/mol. The molecule has 0 radical (unpaired) electrons. The van der Waals surface area contributed by atoms with Crippen molar-refractivity contribution < 1.29 is 8.78 Å². The van der Waals surface area contributed by atoms with Crippen molar-refractivity contribution in [2.45, 2.75) is 38.3 Å². The molecule has 1 saturated heterocycles. The van der Waals surface area contributed by atoms with E-state index >= 15 is 0 Å². The fourth-order valence-corrected chi connectivity index (χ4v) is 2.59. The van der Waals surface area contributed by atoms with Crippen molar-refractivity contribution in [2.24, 2.45) is 5.73 Å². The summed E-state index contributed by atoms with van der Waals surface area (Å²) in [6, 6.07) is 4.33. The molecule has 2 rings (SSSR count). The first-order valence-electron chi connectivity index (χ1n) is 6.53. The minimum absolute atomic E-state index is 0.279. The van der Waals surface area contributed by atoms with Crippen LogP contribution < -0.4 is 5.73 Å². The normalized spacial score (nSPS) is 22.3. The average molecular weight is 254 g/mol. The summed E-state index contributed by atoms with van der Waals surface area (Å²) in [5.41, 5.74) is 6.23. The Balaban J connectivity index is 1.95. The SMILES string of the molecule is CC1CCCN1CCC(N)c1cccc(F)c1F. The molecule has 1 aliphatic rings. The number of hydrogen-bond donors (Lipinski definition) is 1. The first-order valence-corrected chi connectivity index (χ1v) is 6.53. The Bertz CT molecular complexity index is 409. The fourth-order valence-electron chi connectivity index (χ4n) is 2.59. The van der Waals surface area contributed by atoms with Crippen LogP contribution in [0.2, 0.25) is 0 Å². The summed E-state index contributed by atoms with van der Waals surface area (Å²) in [7, 11) is 0. The molecule has 2 nitrogen and oxygen atoms in total. The monoisotopic (exact) mass is 254 g/mol. The van der Waals surface area contributed by atoms with E-state index in [4.69, 9.17) is 5.73 Å². The lowest BCUT2D eigenvalue weighted by atomic mass is 10.0. The zero-order valence-corrected chi connectivity index (χ0v) is 10.7. The van der Waals surface area contributed by atoms with E-state index in [1.807, 2.05) is 0 Å². The lowest BCUT2D eigenvalue weighted by molar-refractivity contribution is 0.257. The number of likely N-dealkylation sites (tertiary alicyclic amines) is 1.